The number of hydrogen-bond acceptors (Lipinski definition) is 3. The maximum absolute atomic E-state index is 12.0. The van der Waals surface area contributed by atoms with Gasteiger partial charge in [0, 0.05) is 25.7 Å². The van der Waals surface area contributed by atoms with Crippen LogP contribution in [0.3, 0.4) is 0 Å². The van der Waals surface area contributed by atoms with Gasteiger partial charge in [-0.1, -0.05) is 0 Å². The summed E-state index contributed by atoms with van der Waals surface area (Å²) in [6, 6.07) is 1.71. The number of amides is 1. The molecule has 0 unspecified atom stereocenters. The molecule has 6 heteroatoms. The largest absolute Gasteiger partial charge is 0.457 e. The van der Waals surface area contributed by atoms with Crippen molar-refractivity contribution in [2.75, 3.05) is 26.2 Å². The van der Waals surface area contributed by atoms with Gasteiger partial charge in [0.15, 0.2) is 4.67 Å². The summed E-state index contributed by atoms with van der Waals surface area (Å²) in [6.45, 7) is 3.43. The summed E-state index contributed by atoms with van der Waals surface area (Å²) >= 11 is 3.19. The first-order chi connectivity index (χ1) is 7.27. The molecule has 2 heterocycles. The lowest BCUT2D eigenvalue weighted by molar-refractivity contribution is 0.0765. The molecular weight excluding hydrogens is 295 g/mol. The van der Waals surface area contributed by atoms with Crippen molar-refractivity contribution in [1.82, 2.24) is 10.2 Å². The summed E-state index contributed by atoms with van der Waals surface area (Å²) in [4.78, 5) is 13.8. The van der Waals surface area contributed by atoms with E-state index in [9.17, 15) is 4.79 Å². The first-order valence-corrected chi connectivity index (χ1v) is 5.81. The highest BCUT2D eigenvalue weighted by atomic mass is 79.9. The van der Waals surface area contributed by atoms with Gasteiger partial charge >= 0.3 is 0 Å². The minimum atomic E-state index is 0. The quantitative estimate of drug-likeness (QED) is 0.862. The third-order valence-corrected chi connectivity index (χ3v) is 2.86. The first-order valence-electron chi connectivity index (χ1n) is 5.01. The number of halogens is 2. The summed E-state index contributed by atoms with van der Waals surface area (Å²) in [5.41, 5.74) is 0.615. The minimum Gasteiger partial charge on any atom is -0.457 e. The topological polar surface area (TPSA) is 45.5 Å². The maximum Gasteiger partial charge on any atom is 0.257 e. The van der Waals surface area contributed by atoms with Crippen LogP contribution in [0, 0.1) is 0 Å². The summed E-state index contributed by atoms with van der Waals surface area (Å²) in [7, 11) is 0. The van der Waals surface area contributed by atoms with Crippen LogP contribution in [0.15, 0.2) is 21.4 Å². The lowest BCUT2D eigenvalue weighted by Gasteiger charge is -2.18. The van der Waals surface area contributed by atoms with Crippen LogP contribution in [-0.4, -0.2) is 37.0 Å². The second kappa shape index (κ2) is 6.27. The third-order valence-electron chi connectivity index (χ3n) is 2.44. The predicted octanol–water partition coefficient (Wildman–Crippen LogP) is 1.90. The smallest absolute Gasteiger partial charge is 0.257 e. The van der Waals surface area contributed by atoms with E-state index in [-0.39, 0.29) is 18.3 Å². The second-order valence-corrected chi connectivity index (χ2v) is 4.32. The summed E-state index contributed by atoms with van der Waals surface area (Å²) in [6.07, 6.45) is 2.50. The Morgan fingerprint density at radius 1 is 1.44 bits per heavy atom. The molecule has 2 rings (SSSR count). The van der Waals surface area contributed by atoms with E-state index in [1.807, 2.05) is 4.90 Å². The number of rotatable bonds is 1. The van der Waals surface area contributed by atoms with Crippen molar-refractivity contribution in [2.45, 2.75) is 6.42 Å². The van der Waals surface area contributed by atoms with E-state index in [0.29, 0.717) is 10.2 Å². The molecule has 90 valence electrons. The predicted molar refractivity (Wildman–Crippen MR) is 67.0 cm³/mol. The van der Waals surface area contributed by atoms with Crippen LogP contribution in [0.5, 0.6) is 0 Å². The van der Waals surface area contributed by atoms with E-state index in [2.05, 4.69) is 21.2 Å². The molecule has 1 fully saturated rings. The molecule has 1 amide bonds. The summed E-state index contributed by atoms with van der Waals surface area (Å²) < 4.78 is 5.66. The SMILES string of the molecule is Cl.O=C(c1coc(Br)c1)N1CCCNCC1. The van der Waals surface area contributed by atoms with Crippen LogP contribution in [0.1, 0.15) is 16.8 Å². The van der Waals surface area contributed by atoms with Crippen LogP contribution < -0.4 is 5.32 Å². The Hall–Kier alpha value is -0.520. The third kappa shape index (κ3) is 3.23. The molecule has 1 aliphatic rings. The molecule has 0 saturated carbocycles. The molecule has 0 aliphatic carbocycles. The van der Waals surface area contributed by atoms with Gasteiger partial charge in [-0.2, -0.15) is 0 Å². The lowest BCUT2D eigenvalue weighted by Crippen LogP contribution is -2.33. The Morgan fingerprint density at radius 2 is 2.25 bits per heavy atom. The Kier molecular flexibility index (Phi) is 5.31. The Morgan fingerprint density at radius 3 is 2.94 bits per heavy atom. The average molecular weight is 310 g/mol. The Balaban J connectivity index is 0.00000128. The molecule has 4 nitrogen and oxygen atoms in total. The van der Waals surface area contributed by atoms with Gasteiger partial charge in [-0.3, -0.25) is 4.79 Å². The monoisotopic (exact) mass is 308 g/mol. The van der Waals surface area contributed by atoms with Crippen molar-refractivity contribution in [3.63, 3.8) is 0 Å². The van der Waals surface area contributed by atoms with Crippen molar-refractivity contribution in [3.8, 4) is 0 Å². The van der Waals surface area contributed by atoms with Crippen molar-refractivity contribution in [2.24, 2.45) is 0 Å². The zero-order valence-corrected chi connectivity index (χ0v) is 11.1. The molecule has 0 radical (unpaired) electrons. The van der Waals surface area contributed by atoms with Crippen molar-refractivity contribution < 1.29 is 9.21 Å². The number of hydrogen-bond donors (Lipinski definition) is 1. The van der Waals surface area contributed by atoms with Crippen LogP contribution in [0.4, 0.5) is 0 Å². The van der Waals surface area contributed by atoms with E-state index in [0.717, 1.165) is 32.6 Å². The highest BCUT2D eigenvalue weighted by Gasteiger charge is 2.18. The lowest BCUT2D eigenvalue weighted by atomic mass is 10.3. The van der Waals surface area contributed by atoms with Gasteiger partial charge in [0.05, 0.1) is 5.56 Å². The van der Waals surface area contributed by atoms with Crippen LogP contribution >= 0.6 is 28.3 Å². The van der Waals surface area contributed by atoms with Gasteiger partial charge in [0.25, 0.3) is 5.91 Å². The number of carbonyl (C=O) groups is 1. The summed E-state index contributed by atoms with van der Waals surface area (Å²) in [5, 5.41) is 3.26. The molecule has 0 spiro atoms. The highest BCUT2D eigenvalue weighted by Crippen LogP contribution is 2.16. The van der Waals surface area contributed by atoms with E-state index in [1.165, 1.54) is 6.26 Å². The van der Waals surface area contributed by atoms with Crippen molar-refractivity contribution in [3.05, 3.63) is 22.6 Å². The summed E-state index contributed by atoms with van der Waals surface area (Å²) in [5.74, 6) is 0.0492. The van der Waals surface area contributed by atoms with E-state index >= 15 is 0 Å². The number of nitrogens with one attached hydrogen (secondary N) is 1. The van der Waals surface area contributed by atoms with Gasteiger partial charge in [0.1, 0.15) is 6.26 Å². The zero-order valence-electron chi connectivity index (χ0n) is 8.74. The molecule has 1 N–H and O–H groups in total. The minimum absolute atomic E-state index is 0. The van der Waals surface area contributed by atoms with Gasteiger partial charge < -0.3 is 14.6 Å². The van der Waals surface area contributed by atoms with E-state index in [4.69, 9.17) is 4.42 Å². The number of carbonyl (C=O) groups excluding carboxylic acids is 1. The molecule has 0 bridgehead atoms. The van der Waals surface area contributed by atoms with Gasteiger partial charge in [-0.25, -0.2) is 0 Å². The van der Waals surface area contributed by atoms with Crippen LogP contribution in [0.2, 0.25) is 0 Å². The van der Waals surface area contributed by atoms with Gasteiger partial charge in [-0.15, -0.1) is 12.4 Å². The molecule has 0 atom stereocenters. The average Bonchev–Trinajstić information content (AvgIpc) is 2.53. The highest BCUT2D eigenvalue weighted by molar-refractivity contribution is 9.10. The van der Waals surface area contributed by atoms with E-state index in [1.54, 1.807) is 6.07 Å². The van der Waals surface area contributed by atoms with Crippen molar-refractivity contribution in [1.29, 1.82) is 0 Å². The first kappa shape index (κ1) is 13.5. The Bertz CT molecular complexity index is 348. The number of furan rings is 1. The fourth-order valence-corrected chi connectivity index (χ4v) is 1.99. The Labute approximate surface area is 109 Å². The fourth-order valence-electron chi connectivity index (χ4n) is 1.65. The molecule has 1 aromatic heterocycles. The molecule has 1 saturated heterocycles. The maximum atomic E-state index is 12.0. The van der Waals surface area contributed by atoms with Crippen LogP contribution in [-0.2, 0) is 0 Å². The molecule has 0 aromatic carbocycles. The normalized spacial score (nSPS) is 16.4. The van der Waals surface area contributed by atoms with Gasteiger partial charge in [-0.05, 0) is 28.9 Å². The standard InChI is InChI=1S/C10H13BrN2O2.ClH/c11-9-6-8(7-15-9)10(14)13-4-1-2-12-3-5-13;/h6-7,12H,1-5H2;1H. The number of nitrogens with zero attached hydrogens (tertiary/aromatic N) is 1. The van der Waals surface area contributed by atoms with Crippen LogP contribution in [0.25, 0.3) is 0 Å². The van der Waals surface area contributed by atoms with Crippen molar-refractivity contribution >= 4 is 34.2 Å². The molecule has 1 aliphatic heterocycles. The second-order valence-electron chi connectivity index (χ2n) is 3.54. The molecule has 16 heavy (non-hydrogen) atoms. The fraction of sp³-hybridized carbons (Fsp3) is 0.500. The zero-order chi connectivity index (χ0) is 10.7. The van der Waals surface area contributed by atoms with E-state index < -0.39 is 0 Å². The van der Waals surface area contributed by atoms with Gasteiger partial charge in [0.2, 0.25) is 0 Å². The molecule has 1 aromatic rings. The molecular formula is C10H14BrClN2O2.